The number of benzene rings is 1. The zero-order valence-electron chi connectivity index (χ0n) is 12.0. The zero-order valence-corrected chi connectivity index (χ0v) is 12.8. The Hall–Kier alpha value is -1.59. The SMILES string of the molecule is Cc1ccc(S(=O)(=O)N2CCCCC2c2ccco2)cc1. The van der Waals surface area contributed by atoms with Crippen LogP contribution in [0.3, 0.4) is 0 Å². The summed E-state index contributed by atoms with van der Waals surface area (Å²) in [5.41, 5.74) is 1.05. The molecule has 5 heteroatoms. The van der Waals surface area contributed by atoms with Crippen molar-refractivity contribution < 1.29 is 12.8 Å². The molecule has 0 radical (unpaired) electrons. The Bertz CT molecular complexity index is 690. The number of sulfonamides is 1. The minimum Gasteiger partial charge on any atom is -0.468 e. The normalized spacial score (nSPS) is 20.5. The van der Waals surface area contributed by atoms with Gasteiger partial charge < -0.3 is 4.42 Å². The lowest BCUT2D eigenvalue weighted by atomic mass is 10.0. The Morgan fingerprint density at radius 2 is 1.90 bits per heavy atom. The molecule has 1 atom stereocenters. The number of hydrogen-bond acceptors (Lipinski definition) is 3. The third-order valence-corrected chi connectivity index (χ3v) is 5.88. The second-order valence-corrected chi connectivity index (χ2v) is 7.35. The molecule has 1 fully saturated rings. The summed E-state index contributed by atoms with van der Waals surface area (Å²) in [6.45, 7) is 2.49. The predicted molar refractivity (Wildman–Crippen MR) is 80.4 cm³/mol. The average molecular weight is 305 g/mol. The Labute approximate surface area is 125 Å². The van der Waals surface area contributed by atoms with Gasteiger partial charge in [-0.25, -0.2) is 8.42 Å². The highest BCUT2D eigenvalue weighted by Gasteiger charge is 2.35. The topological polar surface area (TPSA) is 50.5 Å². The molecule has 0 aliphatic carbocycles. The summed E-state index contributed by atoms with van der Waals surface area (Å²) in [7, 11) is -3.48. The molecule has 2 aromatic rings. The summed E-state index contributed by atoms with van der Waals surface area (Å²) in [6, 6.07) is 10.5. The van der Waals surface area contributed by atoms with Crippen LogP contribution in [0, 0.1) is 6.92 Å². The molecule has 1 aliphatic rings. The molecular weight excluding hydrogens is 286 g/mol. The van der Waals surface area contributed by atoms with Crippen molar-refractivity contribution in [3.8, 4) is 0 Å². The molecule has 4 nitrogen and oxygen atoms in total. The zero-order chi connectivity index (χ0) is 14.9. The predicted octanol–water partition coefficient (Wildman–Crippen LogP) is 3.50. The maximum atomic E-state index is 12.9. The molecular formula is C16H19NO3S. The van der Waals surface area contributed by atoms with Crippen molar-refractivity contribution in [3.63, 3.8) is 0 Å². The van der Waals surface area contributed by atoms with Crippen LogP contribution in [0.25, 0.3) is 0 Å². The molecule has 1 aliphatic heterocycles. The van der Waals surface area contributed by atoms with E-state index in [1.54, 1.807) is 28.8 Å². The van der Waals surface area contributed by atoms with Crippen LogP contribution < -0.4 is 0 Å². The van der Waals surface area contributed by atoms with Crippen molar-refractivity contribution >= 4 is 10.0 Å². The van der Waals surface area contributed by atoms with E-state index in [4.69, 9.17) is 4.42 Å². The van der Waals surface area contributed by atoms with Crippen LogP contribution in [-0.2, 0) is 10.0 Å². The maximum absolute atomic E-state index is 12.9. The van der Waals surface area contributed by atoms with Crippen LogP contribution in [0.15, 0.2) is 52.0 Å². The van der Waals surface area contributed by atoms with Crippen LogP contribution in [0.4, 0.5) is 0 Å². The van der Waals surface area contributed by atoms with Gasteiger partial charge in [-0.05, 0) is 44.0 Å². The molecule has 1 aromatic carbocycles. The summed E-state index contributed by atoms with van der Waals surface area (Å²) < 4.78 is 32.8. The average Bonchev–Trinajstić information content (AvgIpc) is 3.02. The lowest BCUT2D eigenvalue weighted by Gasteiger charge is -2.33. The highest BCUT2D eigenvalue weighted by molar-refractivity contribution is 7.89. The van der Waals surface area contributed by atoms with E-state index in [9.17, 15) is 8.42 Å². The van der Waals surface area contributed by atoms with E-state index in [1.807, 2.05) is 25.1 Å². The lowest BCUT2D eigenvalue weighted by Crippen LogP contribution is -2.38. The van der Waals surface area contributed by atoms with Crippen LogP contribution in [0.2, 0.25) is 0 Å². The first-order valence-electron chi connectivity index (χ1n) is 7.21. The Morgan fingerprint density at radius 3 is 2.57 bits per heavy atom. The van der Waals surface area contributed by atoms with E-state index in [1.165, 1.54) is 0 Å². The van der Waals surface area contributed by atoms with E-state index in [2.05, 4.69) is 0 Å². The Kier molecular flexibility index (Phi) is 3.87. The first-order chi connectivity index (χ1) is 10.1. The van der Waals surface area contributed by atoms with Crippen LogP contribution in [0.1, 0.15) is 36.6 Å². The highest BCUT2D eigenvalue weighted by Crippen LogP contribution is 2.35. The van der Waals surface area contributed by atoms with Crippen LogP contribution in [0.5, 0.6) is 0 Å². The molecule has 2 heterocycles. The fraction of sp³-hybridized carbons (Fsp3) is 0.375. The van der Waals surface area contributed by atoms with Crippen molar-refractivity contribution in [2.45, 2.75) is 37.1 Å². The maximum Gasteiger partial charge on any atom is 0.243 e. The molecule has 1 aromatic heterocycles. The van der Waals surface area contributed by atoms with Crippen LogP contribution >= 0.6 is 0 Å². The molecule has 112 valence electrons. The standard InChI is InChI=1S/C16H19NO3S/c1-13-7-9-14(10-8-13)21(18,19)17-11-3-2-5-15(17)16-6-4-12-20-16/h4,6-10,12,15H,2-3,5,11H2,1H3. The number of aryl methyl sites for hydroxylation is 1. The summed E-state index contributed by atoms with van der Waals surface area (Å²) in [5.74, 6) is 0.727. The van der Waals surface area contributed by atoms with Gasteiger partial charge in [-0.3, -0.25) is 0 Å². The summed E-state index contributed by atoms with van der Waals surface area (Å²) >= 11 is 0. The van der Waals surface area contributed by atoms with Gasteiger partial charge in [-0.15, -0.1) is 0 Å². The first kappa shape index (κ1) is 14.4. The quantitative estimate of drug-likeness (QED) is 0.872. The van der Waals surface area contributed by atoms with E-state index in [0.717, 1.165) is 30.6 Å². The largest absolute Gasteiger partial charge is 0.468 e. The molecule has 1 saturated heterocycles. The van der Waals surface area contributed by atoms with Crippen molar-refractivity contribution in [2.75, 3.05) is 6.54 Å². The third kappa shape index (κ3) is 2.76. The van der Waals surface area contributed by atoms with Gasteiger partial charge in [0.25, 0.3) is 0 Å². The number of piperidine rings is 1. The van der Waals surface area contributed by atoms with Gasteiger partial charge in [0.2, 0.25) is 10.0 Å². The van der Waals surface area contributed by atoms with Crippen molar-refractivity contribution in [1.29, 1.82) is 0 Å². The molecule has 0 N–H and O–H groups in total. The number of rotatable bonds is 3. The van der Waals surface area contributed by atoms with Crippen molar-refractivity contribution in [1.82, 2.24) is 4.31 Å². The van der Waals surface area contributed by atoms with Crippen molar-refractivity contribution in [3.05, 3.63) is 54.0 Å². The minimum absolute atomic E-state index is 0.194. The number of nitrogens with zero attached hydrogens (tertiary/aromatic N) is 1. The van der Waals surface area contributed by atoms with Gasteiger partial charge in [-0.2, -0.15) is 4.31 Å². The van der Waals surface area contributed by atoms with Gasteiger partial charge in [0.15, 0.2) is 0 Å². The molecule has 1 unspecified atom stereocenters. The summed E-state index contributed by atoms with van der Waals surface area (Å²) in [4.78, 5) is 0.353. The number of furan rings is 1. The Balaban J connectivity index is 1.97. The fourth-order valence-electron chi connectivity index (χ4n) is 2.80. The monoisotopic (exact) mass is 305 g/mol. The fourth-order valence-corrected chi connectivity index (χ4v) is 4.47. The molecule has 21 heavy (non-hydrogen) atoms. The van der Waals surface area contributed by atoms with Gasteiger partial charge in [-0.1, -0.05) is 24.1 Å². The Morgan fingerprint density at radius 1 is 1.14 bits per heavy atom. The number of hydrogen-bond donors (Lipinski definition) is 0. The second kappa shape index (κ2) is 5.66. The molecule has 0 saturated carbocycles. The van der Waals surface area contributed by atoms with Gasteiger partial charge in [0.1, 0.15) is 5.76 Å². The van der Waals surface area contributed by atoms with Gasteiger partial charge >= 0.3 is 0 Å². The summed E-state index contributed by atoms with van der Waals surface area (Å²) in [5, 5.41) is 0. The summed E-state index contributed by atoms with van der Waals surface area (Å²) in [6.07, 6.45) is 4.31. The third-order valence-electron chi connectivity index (χ3n) is 3.95. The second-order valence-electron chi connectivity index (χ2n) is 5.46. The minimum atomic E-state index is -3.48. The van der Waals surface area contributed by atoms with Gasteiger partial charge in [0, 0.05) is 6.54 Å². The molecule has 0 spiro atoms. The molecule has 0 bridgehead atoms. The molecule has 3 rings (SSSR count). The smallest absolute Gasteiger partial charge is 0.243 e. The van der Waals surface area contributed by atoms with E-state index < -0.39 is 10.0 Å². The van der Waals surface area contributed by atoms with Gasteiger partial charge in [0.05, 0.1) is 17.2 Å². The van der Waals surface area contributed by atoms with Crippen molar-refractivity contribution in [2.24, 2.45) is 0 Å². The van der Waals surface area contributed by atoms with E-state index in [-0.39, 0.29) is 6.04 Å². The van der Waals surface area contributed by atoms with Crippen LogP contribution in [-0.4, -0.2) is 19.3 Å². The lowest BCUT2D eigenvalue weighted by molar-refractivity contribution is 0.225. The van der Waals surface area contributed by atoms with E-state index in [0.29, 0.717) is 11.4 Å². The first-order valence-corrected chi connectivity index (χ1v) is 8.65. The van der Waals surface area contributed by atoms with E-state index >= 15 is 0 Å². The highest BCUT2D eigenvalue weighted by atomic mass is 32.2. The molecule has 0 amide bonds.